The number of aromatic nitrogens is 1. The number of halogens is 1. The minimum atomic E-state index is -0.124. The van der Waals surface area contributed by atoms with Crippen molar-refractivity contribution in [3.05, 3.63) is 52.6 Å². The molecular weight excluding hydrogens is 346 g/mol. The molecule has 22 heavy (non-hydrogen) atoms. The zero-order chi connectivity index (χ0) is 15.4. The number of morpholine rings is 1. The van der Waals surface area contributed by atoms with Crippen LogP contribution in [0.1, 0.15) is 10.4 Å². The van der Waals surface area contributed by atoms with Crippen LogP contribution in [-0.2, 0) is 4.74 Å². The van der Waals surface area contributed by atoms with E-state index in [0.717, 1.165) is 29.1 Å². The molecule has 1 aliphatic rings. The third-order valence-corrected chi connectivity index (χ3v) is 4.04. The summed E-state index contributed by atoms with van der Waals surface area (Å²) in [4.78, 5) is 17.9. The van der Waals surface area contributed by atoms with E-state index in [-0.39, 0.29) is 5.91 Å². The Labute approximate surface area is 137 Å². The number of aromatic amines is 1. The van der Waals surface area contributed by atoms with Crippen LogP contribution in [0.15, 0.2) is 47.1 Å². The molecule has 0 radical (unpaired) electrons. The molecule has 114 valence electrons. The van der Waals surface area contributed by atoms with Gasteiger partial charge in [0.05, 0.1) is 19.4 Å². The molecule has 0 aliphatic carbocycles. The van der Waals surface area contributed by atoms with Gasteiger partial charge in [-0.25, -0.2) is 4.98 Å². The van der Waals surface area contributed by atoms with Gasteiger partial charge in [0, 0.05) is 10.2 Å². The van der Waals surface area contributed by atoms with Crippen molar-refractivity contribution >= 4 is 33.3 Å². The number of pyridine rings is 1. The first-order valence-corrected chi connectivity index (χ1v) is 7.93. The van der Waals surface area contributed by atoms with Gasteiger partial charge in [-0.15, -0.1) is 0 Å². The maximum absolute atomic E-state index is 12.6. The molecule has 3 rings (SSSR count). The molecule has 2 aromatic rings. The van der Waals surface area contributed by atoms with E-state index in [4.69, 9.17) is 4.74 Å². The quantitative estimate of drug-likeness (QED) is 0.911. The average molecular weight is 363 g/mol. The second-order valence-corrected chi connectivity index (χ2v) is 5.91. The molecule has 2 heterocycles. The fraction of sp³-hybridized carbons (Fsp3) is 0.250. The lowest BCUT2D eigenvalue weighted by atomic mass is 10.2. The summed E-state index contributed by atoms with van der Waals surface area (Å²) in [6.45, 7) is 2.91. The van der Waals surface area contributed by atoms with Crippen LogP contribution in [-0.4, -0.2) is 32.2 Å². The third kappa shape index (κ3) is 3.45. The van der Waals surface area contributed by atoms with Gasteiger partial charge in [0.1, 0.15) is 18.7 Å². The third-order valence-electron chi connectivity index (χ3n) is 3.51. The lowest BCUT2D eigenvalue weighted by Gasteiger charge is -2.22. The van der Waals surface area contributed by atoms with Gasteiger partial charge >= 0.3 is 0 Å². The summed E-state index contributed by atoms with van der Waals surface area (Å²) >= 11 is 3.38. The van der Waals surface area contributed by atoms with E-state index in [0.29, 0.717) is 18.8 Å². The smallest absolute Gasteiger partial charge is 0.287 e. The highest BCUT2D eigenvalue weighted by atomic mass is 79.9. The molecule has 1 saturated heterocycles. The van der Waals surface area contributed by atoms with Crippen LogP contribution in [0.4, 0.5) is 11.5 Å². The largest absolute Gasteiger partial charge is 0.373 e. The molecule has 0 atom stereocenters. The Morgan fingerprint density at radius 3 is 2.64 bits per heavy atom. The highest BCUT2D eigenvalue weighted by molar-refractivity contribution is 9.10. The molecule has 0 saturated carbocycles. The summed E-state index contributed by atoms with van der Waals surface area (Å²) in [6, 6.07) is 11.2. The second-order valence-electron chi connectivity index (χ2n) is 4.99. The summed E-state index contributed by atoms with van der Waals surface area (Å²) in [5, 5.41) is 2.93. The molecular formula is C16H17BrN3O2+. The van der Waals surface area contributed by atoms with Crippen LogP contribution in [0.5, 0.6) is 0 Å². The van der Waals surface area contributed by atoms with Crippen molar-refractivity contribution < 1.29 is 14.5 Å². The number of ether oxygens (including phenoxy) is 1. The molecule has 0 unspecified atom stereocenters. The number of amides is 1. The molecule has 0 bridgehead atoms. The van der Waals surface area contributed by atoms with Gasteiger partial charge in [0.15, 0.2) is 0 Å². The van der Waals surface area contributed by atoms with E-state index in [1.165, 1.54) is 0 Å². The van der Waals surface area contributed by atoms with Crippen molar-refractivity contribution in [2.45, 2.75) is 0 Å². The summed E-state index contributed by atoms with van der Waals surface area (Å²) in [5.41, 5.74) is 1.40. The van der Waals surface area contributed by atoms with Crippen LogP contribution in [0.3, 0.4) is 0 Å². The Kier molecular flexibility index (Phi) is 4.70. The monoisotopic (exact) mass is 362 g/mol. The average Bonchev–Trinajstić information content (AvgIpc) is 2.58. The van der Waals surface area contributed by atoms with Gasteiger partial charge in [0.25, 0.3) is 11.7 Å². The van der Waals surface area contributed by atoms with Crippen LogP contribution < -0.4 is 15.2 Å². The zero-order valence-corrected chi connectivity index (χ0v) is 13.6. The first-order valence-electron chi connectivity index (χ1n) is 7.14. The number of rotatable bonds is 3. The van der Waals surface area contributed by atoms with E-state index >= 15 is 0 Å². The van der Waals surface area contributed by atoms with Crippen molar-refractivity contribution in [1.29, 1.82) is 0 Å². The predicted molar refractivity (Wildman–Crippen MR) is 88.1 cm³/mol. The highest BCUT2D eigenvalue weighted by Gasteiger charge is 2.25. The number of hydrogen-bond donors (Lipinski definition) is 1. The Bertz CT molecular complexity index is 655. The molecule has 1 fully saturated rings. The van der Waals surface area contributed by atoms with Crippen molar-refractivity contribution in [2.24, 2.45) is 0 Å². The van der Waals surface area contributed by atoms with Crippen molar-refractivity contribution in [2.75, 3.05) is 36.5 Å². The Morgan fingerprint density at radius 2 is 1.91 bits per heavy atom. The van der Waals surface area contributed by atoms with E-state index < -0.39 is 0 Å². The lowest BCUT2D eigenvalue weighted by Crippen LogP contribution is -2.40. The number of carbonyl (C=O) groups is 1. The highest BCUT2D eigenvalue weighted by Crippen LogP contribution is 2.19. The molecule has 0 spiro atoms. The van der Waals surface area contributed by atoms with Gasteiger partial charge in [-0.2, -0.15) is 0 Å². The van der Waals surface area contributed by atoms with Gasteiger partial charge in [-0.1, -0.05) is 15.9 Å². The fourth-order valence-corrected chi connectivity index (χ4v) is 2.66. The summed E-state index contributed by atoms with van der Waals surface area (Å²) in [5.74, 6) is 0.709. The van der Waals surface area contributed by atoms with Gasteiger partial charge in [-0.05, 0) is 36.4 Å². The first-order chi connectivity index (χ1) is 10.7. The van der Waals surface area contributed by atoms with Gasteiger partial charge in [0.2, 0.25) is 0 Å². The number of benzene rings is 1. The van der Waals surface area contributed by atoms with E-state index in [2.05, 4.69) is 31.1 Å². The van der Waals surface area contributed by atoms with E-state index in [9.17, 15) is 4.79 Å². The van der Waals surface area contributed by atoms with Crippen LogP contribution >= 0.6 is 15.9 Å². The number of hydrogen-bond acceptors (Lipinski definition) is 3. The Hall–Kier alpha value is -1.92. The van der Waals surface area contributed by atoms with Crippen molar-refractivity contribution in [1.82, 2.24) is 0 Å². The molecule has 5 nitrogen and oxygen atoms in total. The number of H-pyrrole nitrogens is 1. The second kappa shape index (κ2) is 6.89. The van der Waals surface area contributed by atoms with E-state index in [1.807, 2.05) is 42.6 Å². The van der Waals surface area contributed by atoms with Crippen molar-refractivity contribution in [3.8, 4) is 0 Å². The maximum atomic E-state index is 12.6. The first kappa shape index (κ1) is 15.0. The molecule has 6 heteroatoms. The molecule has 1 aromatic carbocycles. The van der Waals surface area contributed by atoms with Gasteiger partial charge in [-0.3, -0.25) is 9.69 Å². The lowest BCUT2D eigenvalue weighted by molar-refractivity contribution is -0.364. The molecule has 1 amide bonds. The van der Waals surface area contributed by atoms with Gasteiger partial charge < -0.3 is 10.1 Å². The standard InChI is InChI=1S/C16H16BrN3O2/c17-12-3-5-13(6-4-12)19-16(21)14-2-1-7-18-15(14)20-8-10-22-11-9-20/h1-7H,8-11H2,(H,19,21)/p+1. The minimum Gasteiger partial charge on any atom is -0.373 e. The maximum Gasteiger partial charge on any atom is 0.287 e. The van der Waals surface area contributed by atoms with Crippen LogP contribution in [0.2, 0.25) is 0 Å². The molecule has 2 N–H and O–H groups in total. The van der Waals surface area contributed by atoms with Crippen LogP contribution in [0, 0.1) is 0 Å². The van der Waals surface area contributed by atoms with Crippen molar-refractivity contribution in [3.63, 3.8) is 0 Å². The topological polar surface area (TPSA) is 55.7 Å². The SMILES string of the molecule is O=C(Nc1ccc(Br)cc1)c1ccc[nH+]c1N1CCOCC1. The van der Waals surface area contributed by atoms with Crippen LogP contribution in [0.25, 0.3) is 0 Å². The summed E-state index contributed by atoms with van der Waals surface area (Å²) in [7, 11) is 0. The van der Waals surface area contributed by atoms with E-state index in [1.54, 1.807) is 0 Å². The number of carbonyl (C=O) groups excluding carboxylic acids is 1. The molecule has 1 aromatic heterocycles. The predicted octanol–water partition coefficient (Wildman–Crippen LogP) is 2.35. The summed E-state index contributed by atoms with van der Waals surface area (Å²) < 4.78 is 6.35. The Morgan fingerprint density at radius 1 is 1.18 bits per heavy atom. The molecule has 1 aliphatic heterocycles. The number of anilines is 2. The fourth-order valence-electron chi connectivity index (χ4n) is 2.39. The summed E-state index contributed by atoms with van der Waals surface area (Å²) in [6.07, 6.45) is 1.83. The zero-order valence-electron chi connectivity index (χ0n) is 12.0. The minimum absolute atomic E-state index is 0.124. The Balaban J connectivity index is 1.81. The number of nitrogens with zero attached hydrogens (tertiary/aromatic N) is 1. The number of nitrogens with one attached hydrogen (secondary N) is 2. The normalized spacial score (nSPS) is 14.7.